The number of hydrogen-bond acceptors (Lipinski definition) is 3. The van der Waals surface area contributed by atoms with Crippen LogP contribution in [-0.4, -0.2) is 18.0 Å². The summed E-state index contributed by atoms with van der Waals surface area (Å²) in [6, 6.07) is 43.6. The molecule has 0 bridgehead atoms. The molecule has 0 atom stereocenters. The Balaban J connectivity index is 0.000000233. The average molecular weight is 827 g/mol. The van der Waals surface area contributed by atoms with Crippen LogP contribution in [0.3, 0.4) is 0 Å². The number of thiophene rings is 1. The van der Waals surface area contributed by atoms with Gasteiger partial charge in [0.15, 0.2) is 0 Å². The van der Waals surface area contributed by atoms with Gasteiger partial charge < -0.3 is 9.97 Å². The van der Waals surface area contributed by atoms with E-state index in [-0.39, 0.29) is 20.1 Å². The van der Waals surface area contributed by atoms with Crippen LogP contribution in [0.1, 0.15) is 29.1 Å². The Kier molecular flexibility index (Phi) is 9.88. The van der Waals surface area contributed by atoms with E-state index in [4.69, 9.17) is 2.74 Å². The molecule has 5 heteroatoms. The molecule has 0 N–H and O–H groups in total. The van der Waals surface area contributed by atoms with Gasteiger partial charge in [-0.05, 0) is 61.7 Å². The van der Waals surface area contributed by atoms with Gasteiger partial charge >= 0.3 is 0 Å². The average Bonchev–Trinajstić information content (AvgIpc) is 3.47. The van der Waals surface area contributed by atoms with Crippen LogP contribution in [0, 0.1) is 17.5 Å². The van der Waals surface area contributed by atoms with Crippen LogP contribution < -0.4 is 5.19 Å². The monoisotopic (exact) mass is 827 g/mol. The van der Waals surface area contributed by atoms with Crippen molar-refractivity contribution in [2.24, 2.45) is 5.41 Å². The Morgan fingerprint density at radius 2 is 1.53 bits per heavy atom. The van der Waals surface area contributed by atoms with Crippen LogP contribution in [0.4, 0.5) is 0 Å². The summed E-state index contributed by atoms with van der Waals surface area (Å²) in [5.74, 6) is 0. The predicted octanol–water partition coefficient (Wildman–Crippen LogP) is 11.3. The number of hydrogen-bond donors (Lipinski definition) is 0. The molecule has 7 rings (SSSR count). The molecule has 1 radical (unpaired) electrons. The number of nitrogens with zero attached hydrogens (tertiary/aromatic N) is 2. The maximum Gasteiger partial charge on any atom is 0.0795 e. The molecule has 3 heterocycles. The molecule has 0 aliphatic heterocycles. The SMILES string of the molecule is C[Si](C)(C)c1ccc(-c2[c-]cccc2)nc1.[2H]C([2H])(c1ccnc(-c2[c-]ccc3c2sc2cc(-c4ccccc4)ccc23)c1)C(C)(C)C.[Ir]. The van der Waals surface area contributed by atoms with Gasteiger partial charge in [-0.3, -0.25) is 0 Å². The summed E-state index contributed by atoms with van der Waals surface area (Å²) in [7, 11) is -1.23. The first-order valence-electron chi connectivity index (χ1n) is 16.7. The van der Waals surface area contributed by atoms with Gasteiger partial charge in [0.25, 0.3) is 0 Å². The van der Waals surface area contributed by atoms with Crippen molar-refractivity contribution < 1.29 is 22.8 Å². The molecule has 0 spiro atoms. The number of pyridine rings is 2. The molecule has 0 saturated carbocycles. The van der Waals surface area contributed by atoms with Gasteiger partial charge in [0.1, 0.15) is 0 Å². The predicted molar refractivity (Wildman–Crippen MR) is 201 cm³/mol. The van der Waals surface area contributed by atoms with Crippen molar-refractivity contribution in [2.75, 3.05) is 0 Å². The minimum atomic E-state index is -1.47. The van der Waals surface area contributed by atoms with Gasteiger partial charge in [-0.2, -0.15) is 11.3 Å². The van der Waals surface area contributed by atoms with Crippen molar-refractivity contribution in [3.8, 4) is 33.6 Å². The summed E-state index contributed by atoms with van der Waals surface area (Å²) in [5.41, 5.74) is 6.28. The largest absolute Gasteiger partial charge is 0.305 e. The van der Waals surface area contributed by atoms with Crippen LogP contribution in [0.2, 0.25) is 19.6 Å². The van der Waals surface area contributed by atoms with E-state index in [9.17, 15) is 0 Å². The number of fused-ring (bicyclic) bond motifs is 3. The fourth-order valence-electron chi connectivity index (χ4n) is 5.37. The Hall–Kier alpha value is -3.73. The molecule has 239 valence electrons. The molecule has 7 aromatic rings. The van der Waals surface area contributed by atoms with E-state index in [1.54, 1.807) is 23.6 Å². The van der Waals surface area contributed by atoms with Gasteiger partial charge in [0.05, 0.1) is 8.07 Å². The summed E-state index contributed by atoms with van der Waals surface area (Å²) < 4.78 is 19.7. The van der Waals surface area contributed by atoms with Crippen molar-refractivity contribution in [1.82, 2.24) is 9.97 Å². The quantitative estimate of drug-likeness (QED) is 0.128. The summed E-state index contributed by atoms with van der Waals surface area (Å²) in [4.78, 5) is 9.12. The van der Waals surface area contributed by atoms with Crippen molar-refractivity contribution >= 4 is 44.8 Å². The first-order valence-corrected chi connectivity index (χ1v) is 20.0. The van der Waals surface area contributed by atoms with Crippen molar-refractivity contribution in [3.63, 3.8) is 0 Å². The molecular formula is C42H40IrN2SSi-2. The normalized spacial score (nSPS) is 12.5. The number of benzene rings is 4. The first kappa shape index (κ1) is 31.8. The molecule has 3 aromatic heterocycles. The maximum absolute atomic E-state index is 8.67. The van der Waals surface area contributed by atoms with E-state index in [0.717, 1.165) is 27.2 Å². The van der Waals surface area contributed by atoms with E-state index >= 15 is 0 Å². The van der Waals surface area contributed by atoms with E-state index in [1.165, 1.54) is 31.8 Å². The maximum atomic E-state index is 8.67. The Labute approximate surface area is 301 Å². The number of rotatable bonds is 5. The summed E-state index contributed by atoms with van der Waals surface area (Å²) >= 11 is 1.75. The van der Waals surface area contributed by atoms with Gasteiger partial charge in [-0.25, -0.2) is 0 Å². The van der Waals surface area contributed by atoms with E-state index < -0.39 is 19.9 Å². The van der Waals surface area contributed by atoms with Crippen LogP contribution in [0.5, 0.6) is 0 Å². The molecule has 0 fully saturated rings. The molecule has 0 amide bonds. The van der Waals surface area contributed by atoms with Gasteiger partial charge in [-0.1, -0.05) is 112 Å². The van der Waals surface area contributed by atoms with Crippen molar-refractivity contribution in [2.45, 2.75) is 46.8 Å². The second-order valence-electron chi connectivity index (χ2n) is 13.5. The summed E-state index contributed by atoms with van der Waals surface area (Å²) in [6.45, 7) is 12.8. The molecule has 47 heavy (non-hydrogen) atoms. The third-order valence-corrected chi connectivity index (χ3v) is 10.9. The van der Waals surface area contributed by atoms with Gasteiger partial charge in [0.2, 0.25) is 0 Å². The molecule has 0 saturated heterocycles. The van der Waals surface area contributed by atoms with Crippen LogP contribution >= 0.6 is 11.3 Å². The number of aromatic nitrogens is 2. The second-order valence-corrected chi connectivity index (χ2v) is 19.7. The third-order valence-electron chi connectivity index (χ3n) is 7.69. The zero-order chi connectivity index (χ0) is 34.1. The van der Waals surface area contributed by atoms with Crippen LogP contribution in [0.15, 0.2) is 122 Å². The zero-order valence-electron chi connectivity index (χ0n) is 29.7. The van der Waals surface area contributed by atoms with Gasteiger partial charge in [0, 0.05) is 39.9 Å². The van der Waals surface area contributed by atoms with E-state index in [0.29, 0.717) is 5.56 Å². The van der Waals surface area contributed by atoms with Crippen LogP contribution in [0.25, 0.3) is 53.8 Å². The minimum Gasteiger partial charge on any atom is -0.305 e. The Morgan fingerprint density at radius 1 is 0.745 bits per heavy atom. The molecular weight excluding hydrogens is 785 g/mol. The van der Waals surface area contributed by atoms with Gasteiger partial charge in [-0.15, -0.1) is 59.7 Å². The topological polar surface area (TPSA) is 25.8 Å². The molecule has 0 unspecified atom stereocenters. The Bertz CT molecular complexity index is 2170. The van der Waals surface area contributed by atoms with E-state index in [2.05, 4.69) is 102 Å². The van der Waals surface area contributed by atoms with Crippen molar-refractivity contribution in [1.29, 1.82) is 0 Å². The molecule has 0 aliphatic carbocycles. The Morgan fingerprint density at radius 3 is 2.21 bits per heavy atom. The smallest absolute Gasteiger partial charge is 0.0795 e. The second kappa shape index (κ2) is 14.6. The molecule has 0 aliphatic rings. The van der Waals surface area contributed by atoms with Crippen molar-refractivity contribution in [3.05, 3.63) is 139 Å². The minimum absolute atomic E-state index is 0. The summed E-state index contributed by atoms with van der Waals surface area (Å²) in [6.07, 6.45) is 2.26. The fraction of sp³-hybridized carbons (Fsp3) is 0.190. The zero-order valence-corrected chi connectivity index (χ0v) is 31.9. The van der Waals surface area contributed by atoms with Crippen LogP contribution in [-0.2, 0) is 26.5 Å². The standard InChI is InChI=1S/C28H24NS.C14H16NSi.Ir/c1-28(2,3)18-19-14-15-29-25(16-19)24-11-7-10-23-22-13-12-21(17-26(22)30-27(23)24)20-8-5-4-6-9-20;1-16(2,3)13-9-10-14(15-11-13)12-7-5-4-6-8-12;/h4-10,12-17H,18H2,1-3H3;4-7,9-11H,1-3H3;/q2*-1;/i18D2;;. The summed E-state index contributed by atoms with van der Waals surface area (Å²) in [5, 5.41) is 3.80. The first-order chi connectivity index (χ1) is 22.8. The molecule has 2 nitrogen and oxygen atoms in total. The fourth-order valence-corrected chi connectivity index (χ4v) is 7.65. The third kappa shape index (κ3) is 8.41. The molecule has 4 aromatic carbocycles. The van der Waals surface area contributed by atoms with E-state index in [1.807, 2.05) is 69.4 Å².